The summed E-state index contributed by atoms with van der Waals surface area (Å²) in [5.74, 6) is 3.28. The van der Waals surface area contributed by atoms with Crippen LogP contribution in [0.4, 0.5) is 0 Å². The minimum Gasteiger partial charge on any atom is -0.390 e. The Labute approximate surface area is 167 Å². The van der Waals surface area contributed by atoms with Crippen molar-refractivity contribution in [3.05, 3.63) is 24.0 Å². The standard InChI is InChI=1S/C23H33N3O2/c1-22(28)9-7-16-15(13-22)3-4-18-17(16)8-10-23(2)19(18)5-6-20(23)21(27)14-26-24-11-12-25-26/h3,11-12,16-20,28H,4-10,13-14H2,1-2H3/t16-,17+,18+,19-,20+,22-,23-/m0/s1. The first kappa shape index (κ1) is 18.5. The summed E-state index contributed by atoms with van der Waals surface area (Å²) >= 11 is 0. The predicted octanol–water partition coefficient (Wildman–Crippen LogP) is 3.79. The third kappa shape index (κ3) is 2.89. The van der Waals surface area contributed by atoms with Gasteiger partial charge in [0, 0.05) is 5.92 Å². The van der Waals surface area contributed by atoms with Crippen LogP contribution >= 0.6 is 0 Å². The Bertz CT molecular complexity index is 784. The van der Waals surface area contributed by atoms with Crippen molar-refractivity contribution in [2.75, 3.05) is 0 Å². The fraction of sp³-hybridized carbons (Fsp3) is 0.783. The monoisotopic (exact) mass is 383 g/mol. The molecule has 1 heterocycles. The average molecular weight is 384 g/mol. The minimum absolute atomic E-state index is 0.136. The van der Waals surface area contributed by atoms with E-state index in [0.717, 1.165) is 43.9 Å². The van der Waals surface area contributed by atoms with Crippen LogP contribution in [0.5, 0.6) is 0 Å². The van der Waals surface area contributed by atoms with Crippen LogP contribution < -0.4 is 0 Å². The van der Waals surface area contributed by atoms with Gasteiger partial charge in [-0.25, -0.2) is 0 Å². The molecule has 3 fully saturated rings. The van der Waals surface area contributed by atoms with Gasteiger partial charge in [0.05, 0.1) is 18.0 Å². The van der Waals surface area contributed by atoms with E-state index in [9.17, 15) is 9.90 Å². The van der Waals surface area contributed by atoms with Crippen molar-refractivity contribution in [2.45, 2.75) is 77.4 Å². The lowest BCUT2D eigenvalue weighted by Gasteiger charge is -2.54. The number of allylic oxidation sites excluding steroid dienone is 1. The van der Waals surface area contributed by atoms with Crippen LogP contribution in [0.2, 0.25) is 0 Å². The Morgan fingerprint density at radius 2 is 1.93 bits per heavy atom. The molecule has 0 radical (unpaired) electrons. The second-order valence-electron chi connectivity index (χ2n) is 10.5. The molecular weight excluding hydrogens is 350 g/mol. The van der Waals surface area contributed by atoms with Gasteiger partial charge in [0.2, 0.25) is 0 Å². The lowest BCUT2D eigenvalue weighted by Crippen LogP contribution is -2.48. The van der Waals surface area contributed by atoms with Crippen LogP contribution in [-0.4, -0.2) is 31.5 Å². The molecule has 0 unspecified atom stereocenters. The second-order valence-corrected chi connectivity index (χ2v) is 10.5. The van der Waals surface area contributed by atoms with Crippen molar-refractivity contribution < 1.29 is 9.90 Å². The van der Waals surface area contributed by atoms with Crippen molar-refractivity contribution in [3.8, 4) is 0 Å². The molecule has 5 heteroatoms. The number of carbonyl (C=O) groups excluding carboxylic acids is 1. The molecule has 5 nitrogen and oxygen atoms in total. The number of aliphatic hydroxyl groups is 1. The number of rotatable bonds is 3. The zero-order chi connectivity index (χ0) is 19.5. The van der Waals surface area contributed by atoms with E-state index in [2.05, 4.69) is 23.2 Å². The first-order chi connectivity index (χ1) is 13.4. The van der Waals surface area contributed by atoms with Gasteiger partial charge in [0.1, 0.15) is 6.54 Å². The van der Waals surface area contributed by atoms with Crippen LogP contribution in [0.3, 0.4) is 0 Å². The summed E-state index contributed by atoms with van der Waals surface area (Å²) in [7, 11) is 0. The predicted molar refractivity (Wildman–Crippen MR) is 106 cm³/mol. The highest BCUT2D eigenvalue weighted by atomic mass is 16.3. The first-order valence-electron chi connectivity index (χ1n) is 11.2. The molecule has 0 saturated heterocycles. The Morgan fingerprint density at radius 3 is 2.71 bits per heavy atom. The lowest BCUT2D eigenvalue weighted by atomic mass is 9.51. The summed E-state index contributed by atoms with van der Waals surface area (Å²) in [6.07, 6.45) is 14.5. The number of Topliss-reactive ketones (excluding diaryl/α,β-unsaturated/α-hetero) is 1. The van der Waals surface area contributed by atoms with Crippen LogP contribution in [0, 0.1) is 35.0 Å². The number of hydrogen-bond acceptors (Lipinski definition) is 4. The molecule has 152 valence electrons. The molecule has 0 amide bonds. The van der Waals surface area contributed by atoms with Crippen LogP contribution in [0.1, 0.15) is 65.2 Å². The van der Waals surface area contributed by atoms with E-state index in [1.54, 1.807) is 12.4 Å². The smallest absolute Gasteiger partial charge is 0.159 e. The van der Waals surface area contributed by atoms with Crippen molar-refractivity contribution in [1.82, 2.24) is 15.0 Å². The maximum absolute atomic E-state index is 13.1. The molecule has 0 spiro atoms. The molecule has 0 aliphatic heterocycles. The average Bonchev–Trinajstić information content (AvgIpc) is 3.27. The summed E-state index contributed by atoms with van der Waals surface area (Å²) < 4.78 is 0. The summed E-state index contributed by atoms with van der Waals surface area (Å²) in [5, 5.41) is 18.8. The van der Waals surface area contributed by atoms with Crippen LogP contribution in [0.25, 0.3) is 0 Å². The maximum atomic E-state index is 13.1. The molecule has 7 atom stereocenters. The van der Waals surface area contributed by atoms with Gasteiger partial charge in [-0.3, -0.25) is 4.79 Å². The van der Waals surface area contributed by atoms with Crippen molar-refractivity contribution >= 4 is 5.78 Å². The Balaban J connectivity index is 1.35. The summed E-state index contributed by atoms with van der Waals surface area (Å²) in [5.41, 5.74) is 1.15. The molecule has 1 aromatic heterocycles. The Hall–Kier alpha value is -1.49. The molecule has 3 saturated carbocycles. The number of carbonyl (C=O) groups is 1. The SMILES string of the molecule is C[C@]1(O)CC[C@H]2C(=CC[C@@H]3[C@@H]2CC[C@]2(C)[C@@H](C(=O)Cn4nccn4)CC[C@@H]32)C1. The Morgan fingerprint density at radius 1 is 1.14 bits per heavy atom. The summed E-state index contributed by atoms with van der Waals surface area (Å²) in [6, 6.07) is 0. The second kappa shape index (κ2) is 6.51. The van der Waals surface area contributed by atoms with E-state index < -0.39 is 5.60 Å². The van der Waals surface area contributed by atoms with Crippen LogP contribution in [-0.2, 0) is 11.3 Å². The van der Waals surface area contributed by atoms with Gasteiger partial charge in [-0.2, -0.15) is 15.0 Å². The first-order valence-corrected chi connectivity index (χ1v) is 11.2. The van der Waals surface area contributed by atoms with Gasteiger partial charge in [0.15, 0.2) is 5.78 Å². The van der Waals surface area contributed by atoms with Crippen LogP contribution in [0.15, 0.2) is 24.0 Å². The molecular formula is C23H33N3O2. The third-order valence-electron chi connectivity index (χ3n) is 8.87. The number of aromatic nitrogens is 3. The molecule has 4 aliphatic rings. The number of fused-ring (bicyclic) bond motifs is 5. The largest absolute Gasteiger partial charge is 0.390 e. The Kier molecular flexibility index (Phi) is 4.31. The lowest BCUT2D eigenvalue weighted by molar-refractivity contribution is -0.130. The zero-order valence-corrected chi connectivity index (χ0v) is 17.2. The quantitative estimate of drug-likeness (QED) is 0.807. The highest BCUT2D eigenvalue weighted by molar-refractivity contribution is 5.82. The van der Waals surface area contributed by atoms with E-state index >= 15 is 0 Å². The summed E-state index contributed by atoms with van der Waals surface area (Å²) in [4.78, 5) is 14.6. The molecule has 1 aromatic rings. The van der Waals surface area contributed by atoms with E-state index in [1.165, 1.54) is 29.6 Å². The highest BCUT2D eigenvalue weighted by Gasteiger charge is 2.57. The van der Waals surface area contributed by atoms with E-state index in [-0.39, 0.29) is 11.3 Å². The van der Waals surface area contributed by atoms with Crippen molar-refractivity contribution in [1.29, 1.82) is 0 Å². The molecule has 4 aliphatic carbocycles. The highest BCUT2D eigenvalue weighted by Crippen LogP contribution is 2.63. The van der Waals surface area contributed by atoms with Gasteiger partial charge in [-0.15, -0.1) is 0 Å². The fourth-order valence-corrected chi connectivity index (χ4v) is 7.57. The van der Waals surface area contributed by atoms with Gasteiger partial charge < -0.3 is 5.11 Å². The normalized spacial score (nSPS) is 45.0. The topological polar surface area (TPSA) is 68.0 Å². The minimum atomic E-state index is -0.510. The van der Waals surface area contributed by atoms with Gasteiger partial charge in [-0.05, 0) is 87.4 Å². The number of ketones is 1. The molecule has 0 aromatic carbocycles. The number of nitrogens with zero attached hydrogens (tertiary/aromatic N) is 3. The summed E-state index contributed by atoms with van der Waals surface area (Å²) in [6.45, 7) is 4.70. The molecule has 0 bridgehead atoms. The third-order valence-corrected chi connectivity index (χ3v) is 8.87. The van der Waals surface area contributed by atoms with Gasteiger partial charge >= 0.3 is 0 Å². The van der Waals surface area contributed by atoms with E-state index in [4.69, 9.17) is 0 Å². The van der Waals surface area contributed by atoms with E-state index in [1.807, 2.05) is 6.92 Å². The maximum Gasteiger partial charge on any atom is 0.159 e. The zero-order valence-electron chi connectivity index (χ0n) is 17.2. The molecule has 28 heavy (non-hydrogen) atoms. The molecule has 1 N–H and O–H groups in total. The van der Waals surface area contributed by atoms with E-state index in [0.29, 0.717) is 24.2 Å². The van der Waals surface area contributed by atoms with Gasteiger partial charge in [-0.1, -0.05) is 18.6 Å². The van der Waals surface area contributed by atoms with Crippen molar-refractivity contribution in [2.24, 2.45) is 35.0 Å². The fourth-order valence-electron chi connectivity index (χ4n) is 7.57. The number of hydrogen-bond donors (Lipinski definition) is 1. The van der Waals surface area contributed by atoms with Crippen molar-refractivity contribution in [3.63, 3.8) is 0 Å². The molecule has 5 rings (SSSR count). The van der Waals surface area contributed by atoms with Gasteiger partial charge in [0.25, 0.3) is 0 Å².